The first-order valence-corrected chi connectivity index (χ1v) is 9.84. The molecule has 1 aromatic carbocycles. The van der Waals surface area contributed by atoms with Gasteiger partial charge in [0.25, 0.3) is 0 Å². The Morgan fingerprint density at radius 3 is 2.50 bits per heavy atom. The van der Waals surface area contributed by atoms with E-state index in [2.05, 4.69) is 0 Å². The number of nitrogens with two attached hydrogens (primary N) is 1. The van der Waals surface area contributed by atoms with Crippen molar-refractivity contribution in [2.75, 3.05) is 19.7 Å². The van der Waals surface area contributed by atoms with Crippen molar-refractivity contribution in [1.29, 1.82) is 0 Å². The number of carbonyl (C=O) groups excluding carboxylic acids is 1. The van der Waals surface area contributed by atoms with Crippen LogP contribution in [0.5, 0.6) is 0 Å². The topological polar surface area (TPSA) is 101 Å². The van der Waals surface area contributed by atoms with Crippen LogP contribution in [0.2, 0.25) is 0 Å². The molecule has 2 heterocycles. The number of aliphatic hydroxyl groups excluding tert-OH is 1. The summed E-state index contributed by atoms with van der Waals surface area (Å²) in [6.07, 6.45) is 0. The van der Waals surface area contributed by atoms with Gasteiger partial charge in [0, 0.05) is 37.1 Å². The Bertz CT molecular complexity index is 816. The van der Waals surface area contributed by atoms with Crippen LogP contribution in [0.25, 0.3) is 0 Å². The van der Waals surface area contributed by atoms with Crippen LogP contribution < -0.4 is 5.73 Å². The van der Waals surface area contributed by atoms with E-state index in [9.17, 15) is 18.3 Å². The summed E-state index contributed by atoms with van der Waals surface area (Å²) < 4.78 is 27.0. The lowest BCUT2D eigenvalue weighted by molar-refractivity contribution is 0.1000. The Morgan fingerprint density at radius 1 is 1.25 bits per heavy atom. The third kappa shape index (κ3) is 3.10. The van der Waals surface area contributed by atoms with Gasteiger partial charge in [-0.15, -0.1) is 0 Å². The first-order chi connectivity index (χ1) is 11.4. The molecule has 0 radical (unpaired) electrons. The minimum atomic E-state index is -3.67. The number of nitrogens with zero attached hydrogens (tertiary/aromatic N) is 1. The maximum absolute atomic E-state index is 12.8. The Kier molecular flexibility index (Phi) is 4.73. The molecule has 3 N–H and O–H groups in total. The zero-order valence-corrected chi connectivity index (χ0v) is 14.5. The van der Waals surface area contributed by atoms with Crippen molar-refractivity contribution in [3.63, 3.8) is 0 Å². The number of amides is 1. The quantitative estimate of drug-likeness (QED) is 0.831. The van der Waals surface area contributed by atoms with Crippen molar-refractivity contribution in [2.24, 2.45) is 11.7 Å². The molecule has 1 aliphatic rings. The number of carbonyl (C=O) groups is 1. The second kappa shape index (κ2) is 6.64. The number of hydrogen-bond acceptors (Lipinski definition) is 5. The molecule has 2 atom stereocenters. The van der Waals surface area contributed by atoms with Crippen LogP contribution in [0.4, 0.5) is 0 Å². The molecule has 1 saturated heterocycles. The molecule has 1 amide bonds. The van der Waals surface area contributed by atoms with E-state index in [1.807, 2.05) is 16.8 Å². The zero-order valence-electron chi connectivity index (χ0n) is 12.8. The van der Waals surface area contributed by atoms with E-state index in [1.54, 1.807) is 11.3 Å². The predicted octanol–water partition coefficient (Wildman–Crippen LogP) is 1.24. The van der Waals surface area contributed by atoms with Gasteiger partial charge in [0.1, 0.15) is 0 Å². The van der Waals surface area contributed by atoms with Gasteiger partial charge in [-0.05, 0) is 46.7 Å². The van der Waals surface area contributed by atoms with E-state index in [0.717, 1.165) is 5.56 Å². The molecule has 1 aromatic heterocycles. The molecule has 1 fully saturated rings. The van der Waals surface area contributed by atoms with Gasteiger partial charge in [0.05, 0.1) is 4.90 Å². The van der Waals surface area contributed by atoms with Crippen LogP contribution >= 0.6 is 11.3 Å². The van der Waals surface area contributed by atoms with Gasteiger partial charge in [-0.25, -0.2) is 8.42 Å². The highest BCUT2D eigenvalue weighted by Crippen LogP contribution is 2.36. The van der Waals surface area contributed by atoms with Crippen LogP contribution in [-0.2, 0) is 10.0 Å². The van der Waals surface area contributed by atoms with Crippen LogP contribution in [0.1, 0.15) is 21.8 Å². The smallest absolute Gasteiger partial charge is 0.248 e. The number of benzene rings is 1. The summed E-state index contributed by atoms with van der Waals surface area (Å²) in [5, 5.41) is 13.6. The monoisotopic (exact) mass is 366 g/mol. The summed E-state index contributed by atoms with van der Waals surface area (Å²) >= 11 is 1.55. The summed E-state index contributed by atoms with van der Waals surface area (Å²) in [5.41, 5.74) is 6.50. The Hall–Kier alpha value is -1.74. The van der Waals surface area contributed by atoms with Gasteiger partial charge in [0.2, 0.25) is 15.9 Å². The zero-order chi connectivity index (χ0) is 17.3. The summed E-state index contributed by atoms with van der Waals surface area (Å²) in [6.45, 7) is 0.548. The second-order valence-electron chi connectivity index (χ2n) is 5.82. The molecule has 6 nitrogen and oxygen atoms in total. The van der Waals surface area contributed by atoms with Crippen molar-refractivity contribution in [3.05, 3.63) is 52.2 Å². The van der Waals surface area contributed by atoms with E-state index >= 15 is 0 Å². The lowest BCUT2D eigenvalue weighted by atomic mass is 9.92. The number of hydrogen-bond donors (Lipinski definition) is 2. The number of rotatable bonds is 5. The summed E-state index contributed by atoms with van der Waals surface area (Å²) in [5.74, 6) is -0.738. The van der Waals surface area contributed by atoms with Crippen molar-refractivity contribution in [2.45, 2.75) is 10.8 Å². The second-order valence-corrected chi connectivity index (χ2v) is 8.53. The van der Waals surface area contributed by atoms with Gasteiger partial charge in [-0.1, -0.05) is 0 Å². The molecule has 0 saturated carbocycles. The first-order valence-electron chi connectivity index (χ1n) is 7.46. The fourth-order valence-corrected chi connectivity index (χ4v) is 5.26. The molecular weight excluding hydrogens is 348 g/mol. The standard InChI is InChI=1S/C16H18N2O4S2/c17-16(20)11-1-3-14(4-2-11)24(21,22)18-7-13(9-19)15(8-18)12-5-6-23-10-12/h1-6,10,13,15,19H,7-9H2,(H2,17,20)/t13-,15+/m1/s1. The Balaban J connectivity index is 1.86. The lowest BCUT2D eigenvalue weighted by Crippen LogP contribution is -2.29. The summed E-state index contributed by atoms with van der Waals surface area (Å²) in [7, 11) is -3.67. The number of thiophene rings is 1. The third-order valence-electron chi connectivity index (χ3n) is 4.39. The molecule has 128 valence electrons. The molecular formula is C16H18N2O4S2. The van der Waals surface area contributed by atoms with Gasteiger partial charge in [-0.3, -0.25) is 4.79 Å². The van der Waals surface area contributed by atoms with Crippen molar-refractivity contribution < 1.29 is 18.3 Å². The average Bonchev–Trinajstić information content (AvgIpc) is 3.23. The van der Waals surface area contributed by atoms with Crippen molar-refractivity contribution >= 4 is 27.3 Å². The maximum Gasteiger partial charge on any atom is 0.248 e. The van der Waals surface area contributed by atoms with Gasteiger partial charge in [-0.2, -0.15) is 15.6 Å². The van der Waals surface area contributed by atoms with Gasteiger partial charge in [0.15, 0.2) is 0 Å². The normalized spacial score (nSPS) is 21.9. The van der Waals surface area contributed by atoms with Crippen LogP contribution in [0, 0.1) is 5.92 Å². The van der Waals surface area contributed by atoms with Crippen LogP contribution in [0.15, 0.2) is 46.0 Å². The molecule has 0 aliphatic carbocycles. The molecule has 2 aromatic rings. The highest BCUT2D eigenvalue weighted by atomic mass is 32.2. The van der Waals surface area contributed by atoms with Gasteiger partial charge < -0.3 is 10.8 Å². The average molecular weight is 366 g/mol. The highest BCUT2D eigenvalue weighted by molar-refractivity contribution is 7.89. The van der Waals surface area contributed by atoms with Gasteiger partial charge >= 0.3 is 0 Å². The largest absolute Gasteiger partial charge is 0.396 e. The third-order valence-corrected chi connectivity index (χ3v) is 6.94. The molecule has 0 bridgehead atoms. The van der Waals surface area contributed by atoms with E-state index in [0.29, 0.717) is 6.54 Å². The fourth-order valence-electron chi connectivity index (χ4n) is 3.02. The van der Waals surface area contributed by atoms with Crippen LogP contribution in [0.3, 0.4) is 0 Å². The molecule has 3 rings (SSSR count). The number of sulfonamides is 1. The van der Waals surface area contributed by atoms with E-state index in [1.165, 1.54) is 28.6 Å². The van der Waals surface area contributed by atoms with E-state index < -0.39 is 15.9 Å². The Labute approximate surface area is 144 Å². The van der Waals surface area contributed by atoms with Crippen molar-refractivity contribution in [1.82, 2.24) is 4.31 Å². The molecule has 1 aliphatic heterocycles. The molecule has 0 spiro atoms. The Morgan fingerprint density at radius 2 is 1.96 bits per heavy atom. The molecule has 0 unspecified atom stereocenters. The molecule has 24 heavy (non-hydrogen) atoms. The highest BCUT2D eigenvalue weighted by Gasteiger charge is 2.39. The van der Waals surface area contributed by atoms with Crippen molar-refractivity contribution in [3.8, 4) is 0 Å². The van der Waals surface area contributed by atoms with E-state index in [4.69, 9.17) is 5.73 Å². The summed E-state index contributed by atoms with van der Waals surface area (Å²) in [6, 6.07) is 7.56. The number of aliphatic hydroxyl groups is 1. The minimum Gasteiger partial charge on any atom is -0.396 e. The fraction of sp³-hybridized carbons (Fsp3) is 0.312. The summed E-state index contributed by atoms with van der Waals surface area (Å²) in [4.78, 5) is 11.2. The SMILES string of the molecule is NC(=O)c1ccc(S(=O)(=O)N2C[C@H](CO)[C@H](c3ccsc3)C2)cc1. The predicted molar refractivity (Wildman–Crippen MR) is 91.4 cm³/mol. The molecule has 8 heteroatoms. The first kappa shape index (κ1) is 17.1. The van der Waals surface area contributed by atoms with Crippen LogP contribution in [-0.4, -0.2) is 43.4 Å². The van der Waals surface area contributed by atoms with E-state index in [-0.39, 0.29) is 35.4 Å². The minimum absolute atomic E-state index is 0.0130. The number of primary amides is 1. The lowest BCUT2D eigenvalue weighted by Gasteiger charge is -2.16. The maximum atomic E-state index is 12.8.